The Hall–Kier alpha value is -3.28. The molecule has 2 rings (SSSR count). The van der Waals surface area contributed by atoms with E-state index in [1.165, 1.54) is 6.08 Å². The average Bonchev–Trinajstić information content (AvgIpc) is 2.71. The molecule has 0 spiro atoms. The Labute approximate surface area is 172 Å². The van der Waals surface area contributed by atoms with E-state index in [2.05, 4.69) is 29.4 Å². The van der Waals surface area contributed by atoms with E-state index in [1.807, 2.05) is 43.4 Å². The first-order chi connectivity index (χ1) is 13.9. The number of nitrogen functional groups attached to an aromatic ring is 1. The smallest absolute Gasteiger partial charge is 0.251 e. The summed E-state index contributed by atoms with van der Waals surface area (Å²) in [4.78, 5) is 26.2. The zero-order valence-corrected chi connectivity index (χ0v) is 17.3. The van der Waals surface area contributed by atoms with Crippen molar-refractivity contribution in [1.82, 2.24) is 5.32 Å². The Balaban J connectivity index is 1.69. The highest BCUT2D eigenvalue weighted by molar-refractivity contribution is 6.01. The van der Waals surface area contributed by atoms with Crippen LogP contribution in [0.4, 0.5) is 17.1 Å². The van der Waals surface area contributed by atoms with Crippen LogP contribution in [0.5, 0.6) is 0 Å². The van der Waals surface area contributed by atoms with Crippen LogP contribution in [0.15, 0.2) is 60.7 Å². The Kier molecular flexibility index (Phi) is 8.27. The van der Waals surface area contributed by atoms with E-state index in [9.17, 15) is 9.59 Å². The molecule has 154 valence electrons. The number of nitrogens with two attached hydrogens (primary N) is 1. The summed E-state index contributed by atoms with van der Waals surface area (Å²) in [6, 6.07) is 15.1. The number of rotatable bonds is 9. The molecule has 0 aliphatic rings. The van der Waals surface area contributed by atoms with Gasteiger partial charge in [0.1, 0.15) is 0 Å². The van der Waals surface area contributed by atoms with Crippen molar-refractivity contribution in [2.45, 2.75) is 32.7 Å². The molecule has 0 unspecified atom stereocenters. The number of hydrogen-bond acceptors (Lipinski definition) is 4. The highest BCUT2D eigenvalue weighted by atomic mass is 16.2. The lowest BCUT2D eigenvalue weighted by Gasteiger charge is -2.23. The minimum absolute atomic E-state index is 0.0926. The molecule has 0 saturated carbocycles. The number of carbonyl (C=O) groups is 2. The second-order valence-electron chi connectivity index (χ2n) is 7.13. The van der Waals surface area contributed by atoms with Gasteiger partial charge in [-0.3, -0.25) is 9.59 Å². The number of benzene rings is 2. The minimum atomic E-state index is -0.224. The van der Waals surface area contributed by atoms with Crippen molar-refractivity contribution in [3.05, 3.63) is 66.2 Å². The van der Waals surface area contributed by atoms with Gasteiger partial charge in [-0.25, -0.2) is 0 Å². The zero-order chi connectivity index (χ0) is 21.2. The summed E-state index contributed by atoms with van der Waals surface area (Å²) in [5.41, 5.74) is 8.64. The van der Waals surface area contributed by atoms with E-state index in [-0.39, 0.29) is 11.8 Å². The molecule has 6 nitrogen and oxygen atoms in total. The molecule has 0 aromatic heterocycles. The van der Waals surface area contributed by atoms with Crippen LogP contribution in [0.3, 0.4) is 0 Å². The number of amides is 2. The van der Waals surface area contributed by atoms with Crippen molar-refractivity contribution in [2.75, 3.05) is 29.5 Å². The molecule has 0 atom stereocenters. The SMILES string of the molecule is CC(C)N(C)c1ccc(C(=O)NCCCC=CC(=O)Nc2ccccc2N)cc1. The van der Waals surface area contributed by atoms with Crippen LogP contribution in [0.1, 0.15) is 37.0 Å². The van der Waals surface area contributed by atoms with Gasteiger partial charge in [-0.2, -0.15) is 0 Å². The van der Waals surface area contributed by atoms with Crippen molar-refractivity contribution >= 4 is 28.9 Å². The van der Waals surface area contributed by atoms with Crippen molar-refractivity contribution in [2.24, 2.45) is 0 Å². The van der Waals surface area contributed by atoms with Crippen molar-refractivity contribution < 1.29 is 9.59 Å². The predicted molar refractivity (Wildman–Crippen MR) is 120 cm³/mol. The molecule has 6 heteroatoms. The summed E-state index contributed by atoms with van der Waals surface area (Å²) < 4.78 is 0. The Morgan fingerprint density at radius 2 is 1.79 bits per heavy atom. The molecule has 0 heterocycles. The number of nitrogens with zero attached hydrogens (tertiary/aromatic N) is 1. The van der Waals surface area contributed by atoms with Crippen LogP contribution in [0, 0.1) is 0 Å². The monoisotopic (exact) mass is 394 g/mol. The Morgan fingerprint density at radius 1 is 1.10 bits per heavy atom. The normalized spacial score (nSPS) is 10.9. The molecular formula is C23H30N4O2. The van der Waals surface area contributed by atoms with Crippen LogP contribution in [-0.4, -0.2) is 31.4 Å². The van der Waals surface area contributed by atoms with Gasteiger partial charge in [-0.05, 0) is 69.2 Å². The van der Waals surface area contributed by atoms with Gasteiger partial charge in [-0.15, -0.1) is 0 Å². The third-order valence-corrected chi connectivity index (χ3v) is 4.63. The largest absolute Gasteiger partial charge is 0.397 e. The molecule has 2 aromatic carbocycles. The van der Waals surface area contributed by atoms with Crippen LogP contribution in [0.2, 0.25) is 0 Å². The molecular weight excluding hydrogens is 364 g/mol. The highest BCUT2D eigenvalue weighted by Crippen LogP contribution is 2.17. The molecule has 2 aromatic rings. The van der Waals surface area contributed by atoms with E-state index < -0.39 is 0 Å². The fourth-order valence-corrected chi connectivity index (χ4v) is 2.65. The minimum Gasteiger partial charge on any atom is -0.397 e. The molecule has 0 aliphatic heterocycles. The molecule has 4 N–H and O–H groups in total. The molecule has 0 aliphatic carbocycles. The number of anilines is 3. The Morgan fingerprint density at radius 3 is 2.45 bits per heavy atom. The number of unbranched alkanes of at least 4 members (excludes halogenated alkanes) is 1. The fourth-order valence-electron chi connectivity index (χ4n) is 2.65. The first-order valence-electron chi connectivity index (χ1n) is 9.81. The highest BCUT2D eigenvalue weighted by Gasteiger charge is 2.08. The quantitative estimate of drug-likeness (QED) is 0.343. The average molecular weight is 395 g/mol. The second kappa shape index (κ2) is 10.9. The van der Waals surface area contributed by atoms with Gasteiger partial charge in [0.05, 0.1) is 11.4 Å². The van der Waals surface area contributed by atoms with Gasteiger partial charge < -0.3 is 21.3 Å². The summed E-state index contributed by atoms with van der Waals surface area (Å²) >= 11 is 0. The maximum absolute atomic E-state index is 12.2. The van der Waals surface area contributed by atoms with E-state index in [4.69, 9.17) is 5.73 Å². The topological polar surface area (TPSA) is 87.5 Å². The zero-order valence-electron chi connectivity index (χ0n) is 17.3. The molecule has 0 radical (unpaired) electrons. The first kappa shape index (κ1) is 22.0. The van der Waals surface area contributed by atoms with E-state index >= 15 is 0 Å². The van der Waals surface area contributed by atoms with Crippen LogP contribution in [0.25, 0.3) is 0 Å². The maximum atomic E-state index is 12.2. The third-order valence-electron chi connectivity index (χ3n) is 4.63. The van der Waals surface area contributed by atoms with Gasteiger partial charge in [-0.1, -0.05) is 18.2 Å². The van der Waals surface area contributed by atoms with E-state index in [1.54, 1.807) is 18.2 Å². The summed E-state index contributed by atoms with van der Waals surface area (Å²) in [6.07, 6.45) is 4.71. The van der Waals surface area contributed by atoms with Gasteiger partial charge in [0.2, 0.25) is 5.91 Å². The van der Waals surface area contributed by atoms with Gasteiger partial charge in [0, 0.05) is 30.9 Å². The number of allylic oxidation sites excluding steroid dienone is 1. The van der Waals surface area contributed by atoms with Crippen LogP contribution in [-0.2, 0) is 4.79 Å². The summed E-state index contributed by atoms with van der Waals surface area (Å²) in [5, 5.41) is 5.64. The Bertz CT molecular complexity index is 844. The molecule has 0 bridgehead atoms. The number of carbonyl (C=O) groups excluding carboxylic acids is 2. The second-order valence-corrected chi connectivity index (χ2v) is 7.13. The van der Waals surface area contributed by atoms with E-state index in [0.29, 0.717) is 35.9 Å². The lowest BCUT2D eigenvalue weighted by molar-refractivity contribution is -0.111. The number of para-hydroxylation sites is 2. The molecule has 0 fully saturated rings. The number of hydrogen-bond donors (Lipinski definition) is 3. The van der Waals surface area contributed by atoms with Gasteiger partial charge >= 0.3 is 0 Å². The summed E-state index contributed by atoms with van der Waals surface area (Å²) in [7, 11) is 2.03. The van der Waals surface area contributed by atoms with Gasteiger partial charge in [0.15, 0.2) is 0 Å². The lowest BCUT2D eigenvalue weighted by Crippen LogP contribution is -2.26. The lowest BCUT2D eigenvalue weighted by atomic mass is 10.1. The van der Waals surface area contributed by atoms with Crippen molar-refractivity contribution in [1.29, 1.82) is 0 Å². The van der Waals surface area contributed by atoms with Crippen molar-refractivity contribution in [3.63, 3.8) is 0 Å². The summed E-state index contributed by atoms with van der Waals surface area (Å²) in [5.74, 6) is -0.316. The third kappa shape index (κ3) is 6.99. The predicted octanol–water partition coefficient (Wildman–Crippen LogP) is 3.82. The summed E-state index contributed by atoms with van der Waals surface area (Å²) in [6.45, 7) is 4.79. The van der Waals surface area contributed by atoms with E-state index in [0.717, 1.165) is 12.1 Å². The van der Waals surface area contributed by atoms with Crippen LogP contribution >= 0.6 is 0 Å². The maximum Gasteiger partial charge on any atom is 0.251 e. The fraction of sp³-hybridized carbons (Fsp3) is 0.304. The van der Waals surface area contributed by atoms with Crippen LogP contribution < -0.4 is 21.3 Å². The number of nitrogens with one attached hydrogen (secondary N) is 2. The van der Waals surface area contributed by atoms with Gasteiger partial charge in [0.25, 0.3) is 5.91 Å². The first-order valence-corrected chi connectivity index (χ1v) is 9.81. The van der Waals surface area contributed by atoms with Crippen molar-refractivity contribution in [3.8, 4) is 0 Å². The molecule has 0 saturated heterocycles. The standard InChI is InChI=1S/C23H30N4O2/c1-17(2)27(3)19-14-12-18(13-15-19)23(29)25-16-8-4-5-11-22(28)26-21-10-7-6-9-20(21)24/h5-7,9-15,17H,4,8,16,24H2,1-3H3,(H,25,29)(H,26,28). The molecule has 2 amide bonds. The molecule has 29 heavy (non-hydrogen) atoms.